The first-order valence-electron chi connectivity index (χ1n) is 12.8. The SMILES string of the molecule is COc1nc(N2CCC(N)CC2)nc(OC)c1NC(=O)Cc1ccc(Oc2cc([Si](C)(C)C)ccc2C)o1. The fraction of sp³-hybridized carbons (Fsp3) is 0.444. The van der Waals surface area contributed by atoms with Crippen molar-refractivity contribution in [2.45, 2.75) is 51.9 Å². The number of aryl methyl sites for hydroxylation is 1. The molecule has 2 aromatic heterocycles. The molecule has 0 spiro atoms. The minimum atomic E-state index is -1.49. The Morgan fingerprint density at radius 1 is 1.11 bits per heavy atom. The quantitative estimate of drug-likeness (QED) is 0.390. The van der Waals surface area contributed by atoms with E-state index >= 15 is 0 Å². The summed E-state index contributed by atoms with van der Waals surface area (Å²) in [5.74, 6) is 2.11. The van der Waals surface area contributed by atoms with Crippen LogP contribution in [0.2, 0.25) is 19.6 Å². The normalized spacial score (nSPS) is 14.3. The van der Waals surface area contributed by atoms with E-state index in [-0.39, 0.29) is 35.8 Å². The molecule has 0 bridgehead atoms. The molecule has 11 heteroatoms. The summed E-state index contributed by atoms with van der Waals surface area (Å²) in [7, 11) is 1.48. The molecule has 1 aliphatic rings. The third-order valence-corrected chi connectivity index (χ3v) is 8.58. The van der Waals surface area contributed by atoms with Crippen LogP contribution in [0.5, 0.6) is 23.5 Å². The van der Waals surface area contributed by atoms with E-state index in [2.05, 4.69) is 53.1 Å². The van der Waals surface area contributed by atoms with Gasteiger partial charge in [0.15, 0.2) is 5.69 Å². The fourth-order valence-corrected chi connectivity index (χ4v) is 5.34. The van der Waals surface area contributed by atoms with Crippen molar-refractivity contribution >= 4 is 30.8 Å². The van der Waals surface area contributed by atoms with Crippen LogP contribution < -0.4 is 35.3 Å². The number of hydrogen-bond donors (Lipinski definition) is 2. The van der Waals surface area contributed by atoms with Crippen LogP contribution in [0.3, 0.4) is 0 Å². The highest BCUT2D eigenvalue weighted by Gasteiger charge is 2.24. The Bertz CT molecular complexity index is 1260. The van der Waals surface area contributed by atoms with E-state index in [4.69, 9.17) is 24.4 Å². The minimum Gasteiger partial charge on any atom is -0.479 e. The topological polar surface area (TPSA) is 125 Å². The van der Waals surface area contributed by atoms with Crippen LogP contribution in [0.25, 0.3) is 0 Å². The van der Waals surface area contributed by atoms with Crippen molar-refractivity contribution in [2.24, 2.45) is 5.73 Å². The zero-order chi connectivity index (χ0) is 27.4. The van der Waals surface area contributed by atoms with Crippen LogP contribution in [0, 0.1) is 6.92 Å². The molecule has 0 atom stereocenters. The first-order chi connectivity index (χ1) is 18.1. The number of carbonyl (C=O) groups is 1. The summed E-state index contributed by atoms with van der Waals surface area (Å²) in [6, 6.07) is 9.92. The van der Waals surface area contributed by atoms with E-state index in [1.807, 2.05) is 11.8 Å². The van der Waals surface area contributed by atoms with Gasteiger partial charge in [-0.2, -0.15) is 9.97 Å². The van der Waals surface area contributed by atoms with Crippen molar-refractivity contribution in [2.75, 3.05) is 37.5 Å². The molecule has 0 unspecified atom stereocenters. The summed E-state index contributed by atoms with van der Waals surface area (Å²) < 4.78 is 22.8. The molecule has 4 rings (SSSR count). The van der Waals surface area contributed by atoms with Gasteiger partial charge in [-0.05, 0) is 37.5 Å². The van der Waals surface area contributed by atoms with Crippen LogP contribution in [0.15, 0.2) is 34.7 Å². The summed E-state index contributed by atoms with van der Waals surface area (Å²) in [5, 5.41) is 4.11. The first kappa shape index (κ1) is 27.5. The van der Waals surface area contributed by atoms with Crippen molar-refractivity contribution in [3.05, 3.63) is 41.7 Å². The first-order valence-corrected chi connectivity index (χ1v) is 16.3. The van der Waals surface area contributed by atoms with Gasteiger partial charge in [0.05, 0.1) is 28.7 Å². The maximum atomic E-state index is 12.9. The summed E-state index contributed by atoms with van der Waals surface area (Å²) in [4.78, 5) is 24.0. The van der Waals surface area contributed by atoms with Crippen molar-refractivity contribution in [3.8, 4) is 23.5 Å². The predicted molar refractivity (Wildman–Crippen MR) is 150 cm³/mol. The zero-order valence-corrected chi connectivity index (χ0v) is 24.0. The molecule has 0 aliphatic carbocycles. The summed E-state index contributed by atoms with van der Waals surface area (Å²) in [5.41, 5.74) is 7.29. The Balaban J connectivity index is 1.45. The molecule has 1 fully saturated rings. The Labute approximate surface area is 224 Å². The molecule has 0 saturated carbocycles. The van der Waals surface area contributed by atoms with Gasteiger partial charge in [0.1, 0.15) is 11.5 Å². The molecule has 3 heterocycles. The summed E-state index contributed by atoms with van der Waals surface area (Å²) in [6.45, 7) is 10.3. The lowest BCUT2D eigenvalue weighted by molar-refractivity contribution is -0.115. The largest absolute Gasteiger partial charge is 0.479 e. The molecule has 204 valence electrons. The second-order valence-electron chi connectivity index (χ2n) is 10.5. The lowest BCUT2D eigenvalue weighted by Gasteiger charge is -2.30. The molecule has 1 amide bonds. The van der Waals surface area contributed by atoms with E-state index in [0.29, 0.717) is 17.7 Å². The van der Waals surface area contributed by atoms with Crippen LogP contribution in [0.1, 0.15) is 24.2 Å². The van der Waals surface area contributed by atoms with E-state index in [0.717, 1.165) is 37.2 Å². The standard InChI is InChI=1S/C27H37N5O5Si/c1-17-7-9-20(38(4,5)6)16-21(17)37-23-10-8-19(36-23)15-22(33)29-24-25(34-2)30-27(31-26(24)35-3)32-13-11-18(28)12-14-32/h7-10,16,18H,11-15,28H2,1-6H3,(H,29,33). The maximum Gasteiger partial charge on any atom is 0.290 e. The van der Waals surface area contributed by atoms with Gasteiger partial charge in [0.2, 0.25) is 23.6 Å². The lowest BCUT2D eigenvalue weighted by Crippen LogP contribution is -2.40. The highest BCUT2D eigenvalue weighted by atomic mass is 28.3. The predicted octanol–water partition coefficient (Wildman–Crippen LogP) is 3.84. The Morgan fingerprint density at radius 3 is 2.37 bits per heavy atom. The van der Waals surface area contributed by atoms with Crippen molar-refractivity contribution < 1.29 is 23.4 Å². The molecule has 1 aromatic carbocycles. The van der Waals surface area contributed by atoms with E-state index in [1.54, 1.807) is 12.1 Å². The summed E-state index contributed by atoms with van der Waals surface area (Å²) in [6.07, 6.45) is 1.69. The van der Waals surface area contributed by atoms with Crippen LogP contribution >= 0.6 is 0 Å². The van der Waals surface area contributed by atoms with Crippen molar-refractivity contribution in [3.63, 3.8) is 0 Å². The number of methoxy groups -OCH3 is 2. The molecule has 1 aliphatic heterocycles. The third kappa shape index (κ3) is 6.46. The van der Waals surface area contributed by atoms with Crippen LogP contribution in [-0.2, 0) is 11.2 Å². The Morgan fingerprint density at radius 2 is 1.76 bits per heavy atom. The highest BCUT2D eigenvalue weighted by Crippen LogP contribution is 2.34. The van der Waals surface area contributed by atoms with Crippen LogP contribution in [0.4, 0.5) is 11.6 Å². The van der Waals surface area contributed by atoms with Gasteiger partial charge in [0, 0.05) is 25.2 Å². The van der Waals surface area contributed by atoms with Gasteiger partial charge in [-0.25, -0.2) is 0 Å². The van der Waals surface area contributed by atoms with Gasteiger partial charge in [-0.15, -0.1) is 0 Å². The smallest absolute Gasteiger partial charge is 0.290 e. The number of anilines is 2. The minimum absolute atomic E-state index is 0.0185. The molecule has 3 aromatic rings. The van der Waals surface area contributed by atoms with Gasteiger partial charge < -0.3 is 34.6 Å². The Hall–Kier alpha value is -3.57. The lowest BCUT2D eigenvalue weighted by atomic mass is 10.1. The maximum absolute atomic E-state index is 12.9. The number of nitrogens with two attached hydrogens (primary N) is 1. The number of amides is 1. The molecule has 1 saturated heterocycles. The second-order valence-corrected chi connectivity index (χ2v) is 15.6. The molecule has 3 N–H and O–H groups in total. The molecule has 38 heavy (non-hydrogen) atoms. The molecular formula is C27H37N5O5Si. The average Bonchev–Trinajstić information content (AvgIpc) is 3.31. The number of rotatable bonds is 9. The monoisotopic (exact) mass is 539 g/mol. The van der Waals surface area contributed by atoms with E-state index in [9.17, 15) is 4.79 Å². The number of nitrogens with one attached hydrogen (secondary N) is 1. The van der Waals surface area contributed by atoms with Crippen molar-refractivity contribution in [1.29, 1.82) is 0 Å². The zero-order valence-electron chi connectivity index (χ0n) is 23.0. The van der Waals surface area contributed by atoms with Crippen molar-refractivity contribution in [1.82, 2.24) is 9.97 Å². The van der Waals surface area contributed by atoms with Gasteiger partial charge >= 0.3 is 0 Å². The number of hydrogen-bond acceptors (Lipinski definition) is 9. The molecular weight excluding hydrogens is 502 g/mol. The van der Waals surface area contributed by atoms with Crippen LogP contribution in [-0.4, -0.2) is 57.3 Å². The van der Waals surface area contributed by atoms with Gasteiger partial charge in [0.25, 0.3) is 5.95 Å². The molecule has 0 radical (unpaired) electrons. The number of ether oxygens (including phenoxy) is 3. The third-order valence-electron chi connectivity index (χ3n) is 6.54. The average molecular weight is 540 g/mol. The Kier molecular flexibility index (Phi) is 8.27. The summed E-state index contributed by atoms with van der Waals surface area (Å²) >= 11 is 0. The second kappa shape index (κ2) is 11.4. The highest BCUT2D eigenvalue weighted by molar-refractivity contribution is 6.88. The number of piperidine rings is 1. The fourth-order valence-electron chi connectivity index (χ4n) is 4.19. The number of aromatic nitrogens is 2. The molecule has 10 nitrogen and oxygen atoms in total. The van der Waals surface area contributed by atoms with E-state index < -0.39 is 8.07 Å². The number of furan rings is 1. The number of benzene rings is 1. The van der Waals surface area contributed by atoms with E-state index in [1.165, 1.54) is 19.4 Å². The van der Waals surface area contributed by atoms with Gasteiger partial charge in [-0.3, -0.25) is 4.79 Å². The number of nitrogens with zero attached hydrogens (tertiary/aromatic N) is 3. The number of carbonyl (C=O) groups excluding carboxylic acids is 1. The van der Waals surface area contributed by atoms with Gasteiger partial charge in [-0.1, -0.05) is 37.0 Å².